The van der Waals surface area contributed by atoms with Crippen LogP contribution in [-0.4, -0.2) is 43.5 Å². The lowest BCUT2D eigenvalue weighted by Gasteiger charge is -2.39. The Bertz CT molecular complexity index is 963. The summed E-state index contributed by atoms with van der Waals surface area (Å²) in [5, 5.41) is 3.08. The lowest BCUT2D eigenvalue weighted by molar-refractivity contribution is 0.0923. The Kier molecular flexibility index (Phi) is 6.67. The van der Waals surface area contributed by atoms with Crippen molar-refractivity contribution in [1.82, 2.24) is 10.2 Å². The maximum atomic E-state index is 13.2. The Balaban J connectivity index is 1.39. The van der Waals surface area contributed by atoms with E-state index < -0.39 is 0 Å². The van der Waals surface area contributed by atoms with Crippen molar-refractivity contribution in [2.45, 2.75) is 19.4 Å². The smallest absolute Gasteiger partial charge is 0.251 e. The second kappa shape index (κ2) is 9.79. The van der Waals surface area contributed by atoms with Crippen LogP contribution in [0.5, 0.6) is 0 Å². The molecule has 0 aliphatic carbocycles. The van der Waals surface area contributed by atoms with Gasteiger partial charge in [-0.3, -0.25) is 9.69 Å². The number of furan rings is 1. The van der Waals surface area contributed by atoms with Crippen molar-refractivity contribution in [2.24, 2.45) is 0 Å². The molecule has 1 aliphatic heterocycles. The zero-order valence-corrected chi connectivity index (χ0v) is 17.8. The molecule has 4 rings (SSSR count). The number of rotatable bonds is 7. The van der Waals surface area contributed by atoms with E-state index in [2.05, 4.69) is 22.0 Å². The van der Waals surface area contributed by atoms with Gasteiger partial charge in [0, 0.05) is 44.0 Å². The van der Waals surface area contributed by atoms with E-state index in [1.807, 2.05) is 48.5 Å². The number of halogens is 1. The van der Waals surface area contributed by atoms with Gasteiger partial charge in [-0.1, -0.05) is 19.1 Å². The Morgan fingerprint density at radius 1 is 1.03 bits per heavy atom. The quantitative estimate of drug-likeness (QED) is 0.619. The third-order valence-corrected chi connectivity index (χ3v) is 5.90. The van der Waals surface area contributed by atoms with E-state index in [1.54, 1.807) is 6.26 Å². The minimum absolute atomic E-state index is 0.0377. The Morgan fingerprint density at radius 2 is 1.74 bits per heavy atom. The SMILES string of the molecule is CCc1ccc(C(=O)NCC(c2ccco2)N2CCN(c3ccc(F)cc3)CC2)cc1. The lowest BCUT2D eigenvalue weighted by Crippen LogP contribution is -2.49. The summed E-state index contributed by atoms with van der Waals surface area (Å²) in [4.78, 5) is 17.3. The molecular weight excluding hydrogens is 393 g/mol. The summed E-state index contributed by atoms with van der Waals surface area (Å²) in [6.07, 6.45) is 2.62. The van der Waals surface area contributed by atoms with Crippen molar-refractivity contribution >= 4 is 11.6 Å². The van der Waals surface area contributed by atoms with E-state index in [4.69, 9.17) is 4.42 Å². The zero-order chi connectivity index (χ0) is 21.6. The third-order valence-electron chi connectivity index (χ3n) is 5.90. The van der Waals surface area contributed by atoms with Crippen LogP contribution in [0.4, 0.5) is 10.1 Å². The fourth-order valence-electron chi connectivity index (χ4n) is 4.02. The second-order valence-electron chi connectivity index (χ2n) is 7.79. The summed E-state index contributed by atoms with van der Waals surface area (Å²) in [7, 11) is 0. The molecular formula is C25H28FN3O2. The fourth-order valence-corrected chi connectivity index (χ4v) is 4.02. The average Bonchev–Trinajstić information content (AvgIpc) is 3.35. The maximum Gasteiger partial charge on any atom is 0.251 e. The highest BCUT2D eigenvalue weighted by Crippen LogP contribution is 2.24. The van der Waals surface area contributed by atoms with Crippen molar-refractivity contribution in [3.05, 3.63) is 89.6 Å². The van der Waals surface area contributed by atoms with Crippen molar-refractivity contribution in [3.63, 3.8) is 0 Å². The summed E-state index contributed by atoms with van der Waals surface area (Å²) >= 11 is 0. The molecule has 162 valence electrons. The first-order valence-electron chi connectivity index (χ1n) is 10.8. The minimum Gasteiger partial charge on any atom is -0.468 e. The lowest BCUT2D eigenvalue weighted by atomic mass is 10.1. The van der Waals surface area contributed by atoms with Crippen LogP contribution in [0.25, 0.3) is 0 Å². The van der Waals surface area contributed by atoms with E-state index in [-0.39, 0.29) is 17.8 Å². The molecule has 1 N–H and O–H groups in total. The summed E-state index contributed by atoms with van der Waals surface area (Å²) in [5.74, 6) is 0.543. The van der Waals surface area contributed by atoms with Gasteiger partial charge in [-0.2, -0.15) is 0 Å². The van der Waals surface area contributed by atoms with Gasteiger partial charge in [0.15, 0.2) is 0 Å². The van der Waals surface area contributed by atoms with Crippen LogP contribution in [0.2, 0.25) is 0 Å². The number of nitrogens with one attached hydrogen (secondary N) is 1. The number of hydrogen-bond acceptors (Lipinski definition) is 4. The number of benzene rings is 2. The molecule has 0 bridgehead atoms. The van der Waals surface area contributed by atoms with Gasteiger partial charge in [-0.25, -0.2) is 4.39 Å². The monoisotopic (exact) mass is 421 g/mol. The predicted molar refractivity (Wildman–Crippen MR) is 120 cm³/mol. The first-order chi connectivity index (χ1) is 15.1. The molecule has 0 radical (unpaired) electrons. The van der Waals surface area contributed by atoms with Crippen LogP contribution in [-0.2, 0) is 6.42 Å². The van der Waals surface area contributed by atoms with E-state index in [9.17, 15) is 9.18 Å². The molecule has 0 saturated carbocycles. The largest absolute Gasteiger partial charge is 0.468 e. The number of amides is 1. The van der Waals surface area contributed by atoms with Crippen LogP contribution < -0.4 is 10.2 Å². The van der Waals surface area contributed by atoms with Crippen LogP contribution in [0.15, 0.2) is 71.3 Å². The standard InChI is InChI=1S/C25H28FN3O2/c1-2-19-5-7-20(8-6-19)25(30)27-18-23(24-4-3-17-31-24)29-15-13-28(14-16-29)22-11-9-21(26)10-12-22/h3-12,17,23H,2,13-16,18H2,1H3,(H,27,30). The Labute approximate surface area is 182 Å². The number of hydrogen-bond donors (Lipinski definition) is 1. The number of carbonyl (C=O) groups excluding carboxylic acids is 1. The van der Waals surface area contributed by atoms with Gasteiger partial charge in [0.05, 0.1) is 12.3 Å². The first kappa shape index (κ1) is 21.1. The Morgan fingerprint density at radius 3 is 2.35 bits per heavy atom. The molecule has 0 spiro atoms. The minimum atomic E-state index is -0.222. The molecule has 1 atom stereocenters. The van der Waals surface area contributed by atoms with Crippen molar-refractivity contribution in [3.8, 4) is 0 Å². The predicted octanol–water partition coefficient (Wildman–Crippen LogP) is 4.27. The van der Waals surface area contributed by atoms with E-state index in [0.717, 1.165) is 44.0 Å². The van der Waals surface area contributed by atoms with Crippen molar-refractivity contribution < 1.29 is 13.6 Å². The number of aryl methyl sites for hydroxylation is 1. The summed E-state index contributed by atoms with van der Waals surface area (Å²) in [5.41, 5.74) is 2.90. The average molecular weight is 422 g/mol. The highest BCUT2D eigenvalue weighted by Gasteiger charge is 2.27. The zero-order valence-electron chi connectivity index (χ0n) is 17.8. The molecule has 31 heavy (non-hydrogen) atoms. The number of carbonyl (C=O) groups is 1. The molecule has 1 fully saturated rings. The van der Waals surface area contributed by atoms with Gasteiger partial charge in [-0.05, 0) is 60.5 Å². The van der Waals surface area contributed by atoms with Crippen molar-refractivity contribution in [1.29, 1.82) is 0 Å². The molecule has 1 aliphatic rings. The fraction of sp³-hybridized carbons (Fsp3) is 0.320. The van der Waals surface area contributed by atoms with Crippen LogP contribution in [0.3, 0.4) is 0 Å². The highest BCUT2D eigenvalue weighted by molar-refractivity contribution is 5.94. The first-order valence-corrected chi connectivity index (χ1v) is 10.8. The van der Waals surface area contributed by atoms with Gasteiger partial charge in [0.2, 0.25) is 0 Å². The molecule has 2 heterocycles. The topological polar surface area (TPSA) is 48.7 Å². The normalized spacial score (nSPS) is 15.6. The van der Waals surface area contributed by atoms with Gasteiger partial charge in [0.1, 0.15) is 11.6 Å². The van der Waals surface area contributed by atoms with Gasteiger partial charge in [0.25, 0.3) is 5.91 Å². The van der Waals surface area contributed by atoms with Gasteiger partial charge < -0.3 is 14.6 Å². The molecule has 1 amide bonds. The second-order valence-corrected chi connectivity index (χ2v) is 7.79. The summed E-state index contributed by atoms with van der Waals surface area (Å²) < 4.78 is 18.9. The van der Waals surface area contributed by atoms with E-state index in [1.165, 1.54) is 17.7 Å². The molecule has 2 aromatic carbocycles. The Hall–Kier alpha value is -3.12. The van der Waals surface area contributed by atoms with Crippen LogP contribution in [0, 0.1) is 5.82 Å². The number of anilines is 1. The molecule has 3 aromatic rings. The molecule has 6 heteroatoms. The number of piperazine rings is 1. The van der Waals surface area contributed by atoms with E-state index >= 15 is 0 Å². The van der Waals surface area contributed by atoms with Gasteiger partial charge >= 0.3 is 0 Å². The highest BCUT2D eigenvalue weighted by atomic mass is 19.1. The van der Waals surface area contributed by atoms with Crippen LogP contribution >= 0.6 is 0 Å². The van der Waals surface area contributed by atoms with Crippen LogP contribution in [0.1, 0.15) is 34.6 Å². The van der Waals surface area contributed by atoms with E-state index in [0.29, 0.717) is 12.1 Å². The molecule has 1 aromatic heterocycles. The maximum absolute atomic E-state index is 13.2. The summed E-state index contributed by atoms with van der Waals surface area (Å²) in [6, 6.07) is 18.2. The number of nitrogens with zero attached hydrogens (tertiary/aromatic N) is 2. The van der Waals surface area contributed by atoms with Crippen molar-refractivity contribution in [2.75, 3.05) is 37.6 Å². The molecule has 1 saturated heterocycles. The van der Waals surface area contributed by atoms with Gasteiger partial charge in [-0.15, -0.1) is 0 Å². The molecule has 1 unspecified atom stereocenters. The summed E-state index contributed by atoms with van der Waals surface area (Å²) in [6.45, 7) is 5.87. The third kappa shape index (κ3) is 5.14. The molecule has 5 nitrogen and oxygen atoms in total.